The number of imide groups is 1. The summed E-state index contributed by atoms with van der Waals surface area (Å²) in [7, 11) is -2.07. The fourth-order valence-electron chi connectivity index (χ4n) is 2.87. The van der Waals surface area contributed by atoms with E-state index in [1.807, 2.05) is 0 Å². The average Bonchev–Trinajstić information content (AvgIpc) is 2.62. The van der Waals surface area contributed by atoms with Crippen molar-refractivity contribution in [2.75, 3.05) is 4.90 Å². The minimum atomic E-state index is -2.07. The van der Waals surface area contributed by atoms with Crippen LogP contribution in [-0.4, -0.2) is 36.7 Å². The fraction of sp³-hybridized carbons (Fsp3) is 0.577. The predicted molar refractivity (Wildman–Crippen MR) is 139 cm³/mol. The topological polar surface area (TPSA) is 78.0 Å². The van der Waals surface area contributed by atoms with Crippen LogP contribution in [-0.2, 0) is 20.5 Å². The smallest absolute Gasteiger partial charge is 0.425 e. The highest BCUT2D eigenvalue weighted by atomic mass is 28.4. The summed E-state index contributed by atoms with van der Waals surface area (Å²) in [6.45, 7) is 21.0. The molecule has 0 aliphatic heterocycles. The average molecular weight is 507 g/mol. The number of fused-ring (bicyclic) bond motifs is 1. The highest BCUT2D eigenvalue weighted by Gasteiger charge is 2.37. The molecule has 2 amide bonds. The molecule has 0 spiro atoms. The monoisotopic (exact) mass is 506 g/mol. The number of halogens is 1. The second kappa shape index (κ2) is 9.85. The zero-order valence-electron chi connectivity index (χ0n) is 22.8. The van der Waals surface area contributed by atoms with Gasteiger partial charge in [0.05, 0.1) is 6.61 Å². The molecular weight excluding hydrogens is 467 g/mol. The van der Waals surface area contributed by atoms with Crippen molar-refractivity contribution < 1.29 is 27.9 Å². The Balaban J connectivity index is 2.52. The van der Waals surface area contributed by atoms with Crippen LogP contribution in [0, 0.1) is 5.82 Å². The molecule has 2 rings (SSSR count). The van der Waals surface area contributed by atoms with Gasteiger partial charge >= 0.3 is 12.2 Å². The largest absolute Gasteiger partial charge is 0.443 e. The number of hydrogen-bond acceptors (Lipinski definition) is 6. The van der Waals surface area contributed by atoms with Crippen molar-refractivity contribution in [3.63, 3.8) is 0 Å². The van der Waals surface area contributed by atoms with Gasteiger partial charge in [-0.25, -0.2) is 19.0 Å². The third kappa shape index (κ3) is 7.73. The van der Waals surface area contributed by atoms with Gasteiger partial charge in [-0.1, -0.05) is 20.8 Å². The van der Waals surface area contributed by atoms with Gasteiger partial charge in [0.2, 0.25) is 0 Å². The molecule has 0 aliphatic carbocycles. The summed E-state index contributed by atoms with van der Waals surface area (Å²) >= 11 is 0. The number of nitrogens with zero attached hydrogens (tertiary/aromatic N) is 2. The van der Waals surface area contributed by atoms with E-state index >= 15 is 0 Å². The first-order valence-corrected chi connectivity index (χ1v) is 14.6. The van der Waals surface area contributed by atoms with Gasteiger partial charge in [0, 0.05) is 11.6 Å². The first-order chi connectivity index (χ1) is 15.7. The van der Waals surface area contributed by atoms with Gasteiger partial charge in [0.25, 0.3) is 0 Å². The van der Waals surface area contributed by atoms with E-state index in [-0.39, 0.29) is 17.5 Å². The molecule has 1 heterocycles. The lowest BCUT2D eigenvalue weighted by Gasteiger charge is -2.36. The molecule has 1 aromatic carbocycles. The predicted octanol–water partition coefficient (Wildman–Crippen LogP) is 7.57. The van der Waals surface area contributed by atoms with E-state index in [2.05, 4.69) is 38.8 Å². The normalized spacial score (nSPS) is 13.0. The molecule has 0 saturated carbocycles. The first-order valence-electron chi connectivity index (χ1n) is 11.7. The second-order valence-electron chi connectivity index (χ2n) is 12.2. The summed E-state index contributed by atoms with van der Waals surface area (Å²) in [5.74, 6) is -0.479. The van der Waals surface area contributed by atoms with E-state index in [4.69, 9.17) is 13.9 Å². The summed E-state index contributed by atoms with van der Waals surface area (Å²) in [5, 5.41) is 1.14. The van der Waals surface area contributed by atoms with Gasteiger partial charge in [-0.15, -0.1) is 0 Å². The lowest BCUT2D eigenvalue weighted by Crippen LogP contribution is -2.44. The maximum atomic E-state index is 14.6. The number of carbonyl (C=O) groups excluding carboxylic acids is 2. The van der Waals surface area contributed by atoms with Crippen LogP contribution in [0.4, 0.5) is 19.8 Å². The van der Waals surface area contributed by atoms with Crippen molar-refractivity contribution in [3.05, 3.63) is 35.8 Å². The van der Waals surface area contributed by atoms with Crippen molar-refractivity contribution in [2.45, 2.75) is 98.3 Å². The molecule has 2 aromatic rings. The molecule has 0 N–H and O–H groups in total. The van der Waals surface area contributed by atoms with Crippen molar-refractivity contribution in [1.82, 2.24) is 4.98 Å². The quantitative estimate of drug-likeness (QED) is 0.398. The Hall–Kier alpha value is -2.52. The molecule has 194 valence electrons. The molecule has 0 bridgehead atoms. The molecule has 35 heavy (non-hydrogen) atoms. The maximum absolute atomic E-state index is 14.6. The van der Waals surface area contributed by atoms with Crippen LogP contribution < -0.4 is 4.90 Å². The SMILES string of the molecule is CC(C)(C)OC(=O)N(C(=O)OC(C)(C)C)c1cc2cc(F)cc(CO[Si](C)(C)C(C)(C)C)c2cn1. The standard InChI is InChI=1S/C26H39FN2O5Si/c1-24(2,3)33-22(30)29(23(31)34-25(4,5)6)21-14-17-12-19(27)13-18(20(17)15-28-21)16-32-35(10,11)26(7,8)9/h12-15H,16H2,1-11H3. The van der Waals surface area contributed by atoms with E-state index in [9.17, 15) is 14.0 Å². The Morgan fingerprint density at radius 3 is 1.89 bits per heavy atom. The Morgan fingerprint density at radius 2 is 1.43 bits per heavy atom. The van der Waals surface area contributed by atoms with Crippen LogP contribution in [0.15, 0.2) is 24.4 Å². The Kier molecular flexibility index (Phi) is 8.08. The lowest BCUT2D eigenvalue weighted by molar-refractivity contribution is 0.0429. The zero-order chi connectivity index (χ0) is 27.0. The number of rotatable bonds is 4. The number of carbonyl (C=O) groups is 2. The number of amides is 2. The van der Waals surface area contributed by atoms with E-state index < -0.39 is 37.5 Å². The van der Waals surface area contributed by atoms with E-state index in [0.29, 0.717) is 16.3 Å². The van der Waals surface area contributed by atoms with Crippen LogP contribution in [0.25, 0.3) is 10.8 Å². The Morgan fingerprint density at radius 1 is 0.914 bits per heavy atom. The molecule has 1 aromatic heterocycles. The van der Waals surface area contributed by atoms with E-state index in [0.717, 1.165) is 4.90 Å². The van der Waals surface area contributed by atoms with Crippen molar-refractivity contribution in [1.29, 1.82) is 0 Å². The summed E-state index contributed by atoms with van der Waals surface area (Å²) < 4.78 is 31.7. The minimum absolute atomic E-state index is 0.00286. The molecule has 0 saturated heterocycles. The van der Waals surface area contributed by atoms with Gasteiger partial charge in [0.15, 0.2) is 8.32 Å². The van der Waals surface area contributed by atoms with Crippen LogP contribution in [0.2, 0.25) is 18.1 Å². The summed E-state index contributed by atoms with van der Waals surface area (Å²) in [6, 6.07) is 4.23. The Bertz CT molecular complexity index is 1070. The van der Waals surface area contributed by atoms with E-state index in [1.165, 1.54) is 24.4 Å². The van der Waals surface area contributed by atoms with Crippen LogP contribution in [0.1, 0.15) is 67.9 Å². The summed E-state index contributed by atoms with van der Waals surface area (Å²) in [6.07, 6.45) is -0.358. The molecule has 0 unspecified atom stereocenters. The third-order valence-corrected chi connectivity index (χ3v) is 10.1. The van der Waals surface area contributed by atoms with Crippen LogP contribution >= 0.6 is 0 Å². The second-order valence-corrected chi connectivity index (χ2v) is 17.0. The van der Waals surface area contributed by atoms with Gasteiger partial charge < -0.3 is 13.9 Å². The van der Waals surface area contributed by atoms with Crippen molar-refractivity contribution in [3.8, 4) is 0 Å². The maximum Gasteiger partial charge on any atom is 0.425 e. The number of pyridine rings is 1. The van der Waals surface area contributed by atoms with Gasteiger partial charge in [-0.3, -0.25) is 0 Å². The molecule has 0 aliphatic rings. The molecule has 9 heteroatoms. The number of hydrogen-bond donors (Lipinski definition) is 0. The van der Waals surface area contributed by atoms with Crippen LogP contribution in [0.5, 0.6) is 0 Å². The third-order valence-electron chi connectivity index (χ3n) is 5.65. The van der Waals surface area contributed by atoms with E-state index in [1.54, 1.807) is 41.5 Å². The van der Waals surface area contributed by atoms with Crippen molar-refractivity contribution in [2.24, 2.45) is 0 Å². The van der Waals surface area contributed by atoms with Gasteiger partial charge in [0.1, 0.15) is 22.8 Å². The van der Waals surface area contributed by atoms with Crippen molar-refractivity contribution >= 4 is 37.1 Å². The number of anilines is 1. The first kappa shape index (κ1) is 28.7. The minimum Gasteiger partial charge on any atom is -0.443 e. The molecular formula is C26H39FN2O5Si. The number of aromatic nitrogens is 1. The highest BCUT2D eigenvalue weighted by Crippen LogP contribution is 2.37. The fourth-order valence-corrected chi connectivity index (χ4v) is 3.82. The summed E-state index contributed by atoms with van der Waals surface area (Å²) in [4.78, 5) is 31.0. The number of ether oxygens (including phenoxy) is 2. The molecule has 0 atom stereocenters. The molecule has 0 radical (unpaired) electrons. The molecule has 0 fully saturated rings. The van der Waals surface area contributed by atoms with Gasteiger partial charge in [-0.2, -0.15) is 4.90 Å². The zero-order valence-corrected chi connectivity index (χ0v) is 23.8. The van der Waals surface area contributed by atoms with Crippen LogP contribution in [0.3, 0.4) is 0 Å². The number of benzene rings is 1. The highest BCUT2D eigenvalue weighted by molar-refractivity contribution is 6.74. The van der Waals surface area contributed by atoms with Gasteiger partial charge in [-0.05, 0) is 88.8 Å². The Labute approximate surface area is 209 Å². The summed E-state index contributed by atoms with van der Waals surface area (Å²) in [5.41, 5.74) is -1.06. The molecule has 7 nitrogen and oxygen atoms in total. The lowest BCUT2D eigenvalue weighted by atomic mass is 10.1.